The Morgan fingerprint density at radius 2 is 1.76 bits per heavy atom. The number of carbonyl (C=O) groups excluding carboxylic acids is 3. The molecule has 1 aromatic rings. The summed E-state index contributed by atoms with van der Waals surface area (Å²) in [6.07, 6.45) is 10.9. The van der Waals surface area contributed by atoms with Gasteiger partial charge in [-0.15, -0.1) is 24.9 Å². The van der Waals surface area contributed by atoms with E-state index >= 15 is 0 Å². The summed E-state index contributed by atoms with van der Waals surface area (Å²) in [4.78, 5) is 49.4. The number of fused-ring (bicyclic) bond motifs is 1. The van der Waals surface area contributed by atoms with Gasteiger partial charge < -0.3 is 19.8 Å². The molecule has 8 heteroatoms. The third kappa shape index (κ3) is 5.34. The number of likely N-dealkylation sites (tertiary alicyclic amines) is 1. The van der Waals surface area contributed by atoms with Gasteiger partial charge in [0.1, 0.15) is 6.04 Å². The second-order valence-corrected chi connectivity index (χ2v) is 14.5. The van der Waals surface area contributed by atoms with Crippen molar-refractivity contribution < 1.29 is 19.5 Å². The lowest BCUT2D eigenvalue weighted by atomic mass is 9.70. The van der Waals surface area contributed by atoms with Crippen molar-refractivity contribution in [3.63, 3.8) is 0 Å². The number of anilines is 1. The van der Waals surface area contributed by atoms with E-state index in [4.69, 9.17) is 0 Å². The average molecular weight is 594 g/mol. The minimum Gasteiger partial charge on any atom is -0.394 e. The topological polar surface area (TPSA) is 81.2 Å². The SMILES string of the molecule is C=CCN(C(=O)[C@@H]1[C@@H]2CCC3(S2)C(C(=O)N(CC=C)C2CCCCC2)N([C@@H](CO)CC(C)C)C(=O)[C@H]13)c1ccccc1. The minimum absolute atomic E-state index is 0.0277. The molecule has 3 heterocycles. The summed E-state index contributed by atoms with van der Waals surface area (Å²) in [7, 11) is 0. The van der Waals surface area contributed by atoms with Crippen LogP contribution in [0.4, 0.5) is 5.69 Å². The Labute approximate surface area is 255 Å². The van der Waals surface area contributed by atoms with Crippen molar-refractivity contribution in [2.45, 2.75) is 93.3 Å². The first-order valence-electron chi connectivity index (χ1n) is 15.8. The number of carbonyl (C=O) groups is 3. The molecule has 3 saturated heterocycles. The smallest absolute Gasteiger partial charge is 0.247 e. The Hall–Kier alpha value is -2.58. The largest absolute Gasteiger partial charge is 0.394 e. The van der Waals surface area contributed by atoms with Crippen LogP contribution < -0.4 is 4.90 Å². The molecule has 1 spiro atoms. The van der Waals surface area contributed by atoms with E-state index in [0.717, 1.165) is 37.8 Å². The van der Waals surface area contributed by atoms with E-state index < -0.39 is 28.7 Å². The van der Waals surface area contributed by atoms with Crippen LogP contribution in [0.1, 0.15) is 65.2 Å². The van der Waals surface area contributed by atoms with Crippen LogP contribution in [0.25, 0.3) is 0 Å². The number of hydrogen-bond acceptors (Lipinski definition) is 5. The molecule has 2 bridgehead atoms. The maximum absolute atomic E-state index is 14.8. The third-order valence-electron chi connectivity index (χ3n) is 9.87. The molecule has 228 valence electrons. The molecule has 4 fully saturated rings. The first-order valence-corrected chi connectivity index (χ1v) is 16.7. The number of thioether (sulfide) groups is 1. The number of rotatable bonds is 12. The Kier molecular flexibility index (Phi) is 9.53. The molecular weight excluding hydrogens is 546 g/mol. The van der Waals surface area contributed by atoms with Crippen LogP contribution in [0.15, 0.2) is 55.6 Å². The van der Waals surface area contributed by atoms with E-state index in [0.29, 0.717) is 25.9 Å². The number of amides is 3. The molecule has 2 unspecified atom stereocenters. The van der Waals surface area contributed by atoms with Gasteiger partial charge in [-0.25, -0.2) is 0 Å². The van der Waals surface area contributed by atoms with Gasteiger partial charge in [0.15, 0.2) is 0 Å². The molecule has 6 atom stereocenters. The highest BCUT2D eigenvalue weighted by Crippen LogP contribution is 2.67. The van der Waals surface area contributed by atoms with E-state index in [9.17, 15) is 19.5 Å². The molecular formula is C34H47N3O4S. The molecule has 42 heavy (non-hydrogen) atoms. The molecule has 0 aromatic heterocycles. The number of hydrogen-bond donors (Lipinski definition) is 1. The predicted molar refractivity (Wildman–Crippen MR) is 169 cm³/mol. The lowest BCUT2D eigenvalue weighted by Crippen LogP contribution is -2.59. The molecule has 1 saturated carbocycles. The highest BCUT2D eigenvalue weighted by Gasteiger charge is 2.74. The normalized spacial score (nSPS) is 29.4. The summed E-state index contributed by atoms with van der Waals surface area (Å²) in [5.74, 6) is -1.16. The van der Waals surface area contributed by atoms with Crippen molar-refractivity contribution in [1.29, 1.82) is 0 Å². The van der Waals surface area contributed by atoms with E-state index in [1.54, 1.807) is 33.7 Å². The fourth-order valence-electron chi connectivity index (χ4n) is 8.21. The van der Waals surface area contributed by atoms with Gasteiger partial charge in [0.05, 0.1) is 29.2 Å². The van der Waals surface area contributed by atoms with Gasteiger partial charge in [-0.2, -0.15) is 0 Å². The van der Waals surface area contributed by atoms with Crippen molar-refractivity contribution >= 4 is 35.2 Å². The third-order valence-corrected chi connectivity index (χ3v) is 11.8. The van der Waals surface area contributed by atoms with Crippen molar-refractivity contribution in [1.82, 2.24) is 9.80 Å². The Morgan fingerprint density at radius 1 is 1.07 bits per heavy atom. The van der Waals surface area contributed by atoms with Gasteiger partial charge in [0.2, 0.25) is 17.7 Å². The fraction of sp³-hybridized carbons (Fsp3) is 0.618. The zero-order chi connectivity index (χ0) is 30.0. The lowest BCUT2D eigenvalue weighted by molar-refractivity contribution is -0.147. The van der Waals surface area contributed by atoms with Crippen LogP contribution in [-0.2, 0) is 14.4 Å². The van der Waals surface area contributed by atoms with Gasteiger partial charge in [0, 0.05) is 30.1 Å². The van der Waals surface area contributed by atoms with Crippen molar-refractivity contribution in [3.8, 4) is 0 Å². The van der Waals surface area contributed by atoms with Crippen molar-refractivity contribution in [2.24, 2.45) is 17.8 Å². The van der Waals surface area contributed by atoms with Gasteiger partial charge in [-0.1, -0.05) is 63.5 Å². The van der Waals surface area contributed by atoms with E-state index in [2.05, 4.69) is 27.0 Å². The molecule has 0 radical (unpaired) electrons. The number of benzene rings is 1. The molecule has 3 aliphatic heterocycles. The van der Waals surface area contributed by atoms with Gasteiger partial charge in [0.25, 0.3) is 0 Å². The zero-order valence-electron chi connectivity index (χ0n) is 25.2. The van der Waals surface area contributed by atoms with Crippen LogP contribution in [-0.4, -0.2) is 80.4 Å². The Morgan fingerprint density at radius 3 is 2.38 bits per heavy atom. The molecule has 4 aliphatic rings. The van der Waals surface area contributed by atoms with Crippen LogP contribution in [0, 0.1) is 17.8 Å². The highest BCUT2D eigenvalue weighted by atomic mass is 32.2. The number of aliphatic hydroxyl groups is 1. The van der Waals surface area contributed by atoms with Crippen LogP contribution in [0.3, 0.4) is 0 Å². The summed E-state index contributed by atoms with van der Waals surface area (Å²) < 4.78 is -0.686. The van der Waals surface area contributed by atoms with E-state index in [-0.39, 0.29) is 41.5 Å². The average Bonchev–Trinajstić information content (AvgIpc) is 3.65. The lowest BCUT2D eigenvalue weighted by Gasteiger charge is -2.43. The molecule has 3 amide bonds. The Balaban J connectivity index is 1.57. The maximum atomic E-state index is 14.8. The minimum atomic E-state index is -0.704. The number of nitrogens with zero attached hydrogens (tertiary/aromatic N) is 3. The van der Waals surface area contributed by atoms with Crippen LogP contribution in [0.5, 0.6) is 0 Å². The summed E-state index contributed by atoms with van der Waals surface area (Å²) in [6, 6.07) is 8.50. The molecule has 5 rings (SSSR count). The first-order chi connectivity index (χ1) is 20.3. The number of aliphatic hydroxyl groups excluding tert-OH is 1. The van der Waals surface area contributed by atoms with Gasteiger partial charge in [-0.3, -0.25) is 14.4 Å². The molecule has 1 aliphatic carbocycles. The van der Waals surface area contributed by atoms with E-state index in [1.165, 1.54) is 6.42 Å². The Bertz CT molecular complexity index is 1170. The first kappa shape index (κ1) is 30.9. The van der Waals surface area contributed by atoms with E-state index in [1.807, 2.05) is 35.2 Å². The zero-order valence-corrected chi connectivity index (χ0v) is 26.0. The molecule has 1 N–H and O–H groups in total. The van der Waals surface area contributed by atoms with Gasteiger partial charge in [-0.05, 0) is 50.2 Å². The summed E-state index contributed by atoms with van der Waals surface area (Å²) in [5.41, 5.74) is 0.779. The summed E-state index contributed by atoms with van der Waals surface area (Å²) in [6.45, 7) is 12.6. The standard InChI is InChI=1S/C34H47N3O4S/c1-5-19-35(24-13-9-7-10-14-24)31(39)28-27-17-18-34(42-27)29(28)32(40)37(26(22-38)21-23(3)4)30(34)33(41)36(20-6-2)25-15-11-8-12-16-25/h5-7,9-10,13-14,23,25-30,38H,1-2,8,11-12,15-22H2,3-4H3/t26-,27+,28-,29+,30?,34?/m1/s1. The number of para-hydroxylation sites is 1. The second kappa shape index (κ2) is 13.0. The second-order valence-electron chi connectivity index (χ2n) is 12.9. The van der Waals surface area contributed by atoms with Gasteiger partial charge >= 0.3 is 0 Å². The van der Waals surface area contributed by atoms with Crippen LogP contribution >= 0.6 is 11.8 Å². The maximum Gasteiger partial charge on any atom is 0.247 e. The summed E-state index contributed by atoms with van der Waals surface area (Å²) >= 11 is 1.70. The van der Waals surface area contributed by atoms with Crippen LogP contribution in [0.2, 0.25) is 0 Å². The fourth-order valence-corrected chi connectivity index (χ4v) is 10.4. The molecule has 1 aromatic carbocycles. The molecule has 7 nitrogen and oxygen atoms in total. The van der Waals surface area contributed by atoms with Crippen molar-refractivity contribution in [2.75, 3.05) is 24.6 Å². The van der Waals surface area contributed by atoms with Crippen molar-refractivity contribution in [3.05, 3.63) is 55.6 Å². The highest BCUT2D eigenvalue weighted by molar-refractivity contribution is 8.02. The monoisotopic (exact) mass is 593 g/mol. The predicted octanol–water partition coefficient (Wildman–Crippen LogP) is 5.05. The summed E-state index contributed by atoms with van der Waals surface area (Å²) in [5, 5.41) is 10.6. The quantitative estimate of drug-likeness (QED) is 0.343.